The first kappa shape index (κ1) is 13.3. The summed E-state index contributed by atoms with van der Waals surface area (Å²) >= 11 is 5.92. The predicted octanol–water partition coefficient (Wildman–Crippen LogP) is 1.49. The highest BCUT2D eigenvalue weighted by molar-refractivity contribution is 6.31. The van der Waals surface area contributed by atoms with Gasteiger partial charge >= 0.3 is 0 Å². The second-order valence-electron chi connectivity index (χ2n) is 4.53. The van der Waals surface area contributed by atoms with Crippen LogP contribution in [-0.2, 0) is 4.79 Å². The van der Waals surface area contributed by atoms with E-state index in [0.29, 0.717) is 11.6 Å². The fourth-order valence-corrected chi connectivity index (χ4v) is 2.16. The Bertz CT molecular complexity index is 430. The summed E-state index contributed by atoms with van der Waals surface area (Å²) in [6.07, 6.45) is 0. The zero-order chi connectivity index (χ0) is 13.0. The lowest BCUT2D eigenvalue weighted by Crippen LogP contribution is -2.46. The molecule has 1 saturated heterocycles. The monoisotopic (exact) mass is 267 g/mol. The number of nitrogens with one attached hydrogen (secondary N) is 2. The van der Waals surface area contributed by atoms with Crippen LogP contribution >= 0.6 is 11.6 Å². The van der Waals surface area contributed by atoms with Crippen molar-refractivity contribution in [1.29, 1.82) is 0 Å². The molecule has 2 N–H and O–H groups in total. The van der Waals surface area contributed by atoms with E-state index in [0.717, 1.165) is 37.4 Å². The quantitative estimate of drug-likeness (QED) is 0.872. The van der Waals surface area contributed by atoms with Crippen molar-refractivity contribution in [2.45, 2.75) is 6.92 Å². The molecule has 0 aliphatic carbocycles. The van der Waals surface area contributed by atoms with E-state index < -0.39 is 0 Å². The van der Waals surface area contributed by atoms with Gasteiger partial charge in [-0.05, 0) is 24.6 Å². The average molecular weight is 268 g/mol. The Kier molecular flexibility index (Phi) is 4.58. The van der Waals surface area contributed by atoms with Crippen LogP contribution in [-0.4, -0.2) is 43.5 Å². The van der Waals surface area contributed by atoms with E-state index in [1.165, 1.54) is 0 Å². The summed E-state index contributed by atoms with van der Waals surface area (Å²) in [5.74, 6) is 0.0160. The predicted molar refractivity (Wildman–Crippen MR) is 74.1 cm³/mol. The SMILES string of the molecule is Cc1ccc(Cl)cc1NC(=O)CN1CCNCC1. The largest absolute Gasteiger partial charge is 0.325 e. The smallest absolute Gasteiger partial charge is 0.238 e. The van der Waals surface area contributed by atoms with Gasteiger partial charge in [0.2, 0.25) is 5.91 Å². The molecule has 5 heteroatoms. The maximum atomic E-state index is 11.9. The standard InChI is InChI=1S/C13H18ClN3O/c1-10-2-3-11(14)8-12(10)16-13(18)9-17-6-4-15-5-7-17/h2-3,8,15H,4-7,9H2,1H3,(H,16,18). The highest BCUT2D eigenvalue weighted by Crippen LogP contribution is 2.20. The number of anilines is 1. The molecule has 0 saturated carbocycles. The third kappa shape index (κ3) is 3.70. The lowest BCUT2D eigenvalue weighted by Gasteiger charge is -2.26. The molecule has 1 amide bonds. The van der Waals surface area contributed by atoms with Crippen LogP contribution in [0.4, 0.5) is 5.69 Å². The highest BCUT2D eigenvalue weighted by atomic mass is 35.5. The minimum atomic E-state index is 0.0160. The minimum absolute atomic E-state index is 0.0160. The fourth-order valence-electron chi connectivity index (χ4n) is 1.99. The second kappa shape index (κ2) is 6.18. The van der Waals surface area contributed by atoms with Crippen LogP contribution < -0.4 is 10.6 Å². The first-order valence-electron chi connectivity index (χ1n) is 6.14. The molecule has 0 aromatic heterocycles. The highest BCUT2D eigenvalue weighted by Gasteiger charge is 2.14. The van der Waals surface area contributed by atoms with Gasteiger partial charge in [0.25, 0.3) is 0 Å². The Balaban J connectivity index is 1.92. The van der Waals surface area contributed by atoms with Crippen molar-refractivity contribution >= 4 is 23.2 Å². The van der Waals surface area contributed by atoms with Crippen LogP contribution in [0.15, 0.2) is 18.2 Å². The molecule has 0 bridgehead atoms. The molecule has 1 heterocycles. The van der Waals surface area contributed by atoms with E-state index in [1.807, 2.05) is 19.1 Å². The molecule has 0 unspecified atom stereocenters. The van der Waals surface area contributed by atoms with Crippen molar-refractivity contribution in [1.82, 2.24) is 10.2 Å². The Morgan fingerprint density at radius 2 is 2.17 bits per heavy atom. The van der Waals surface area contributed by atoms with Crippen molar-refractivity contribution in [3.8, 4) is 0 Å². The Labute approximate surface area is 112 Å². The zero-order valence-corrected chi connectivity index (χ0v) is 11.3. The Morgan fingerprint density at radius 1 is 1.44 bits per heavy atom. The van der Waals surface area contributed by atoms with Crippen LogP contribution in [0.5, 0.6) is 0 Å². The van der Waals surface area contributed by atoms with E-state index in [4.69, 9.17) is 11.6 Å². The van der Waals surface area contributed by atoms with Gasteiger partial charge in [-0.2, -0.15) is 0 Å². The molecule has 4 nitrogen and oxygen atoms in total. The van der Waals surface area contributed by atoms with Gasteiger partial charge in [-0.25, -0.2) is 0 Å². The topological polar surface area (TPSA) is 44.4 Å². The Morgan fingerprint density at radius 3 is 2.89 bits per heavy atom. The van der Waals surface area contributed by atoms with Crippen LogP contribution in [0.3, 0.4) is 0 Å². The number of rotatable bonds is 3. The van der Waals surface area contributed by atoms with E-state index >= 15 is 0 Å². The zero-order valence-electron chi connectivity index (χ0n) is 10.5. The fraction of sp³-hybridized carbons (Fsp3) is 0.462. The summed E-state index contributed by atoms with van der Waals surface area (Å²) < 4.78 is 0. The average Bonchev–Trinajstić information content (AvgIpc) is 2.35. The van der Waals surface area contributed by atoms with Gasteiger partial charge in [0, 0.05) is 36.9 Å². The first-order valence-corrected chi connectivity index (χ1v) is 6.52. The van der Waals surface area contributed by atoms with Crippen LogP contribution in [0.1, 0.15) is 5.56 Å². The van der Waals surface area contributed by atoms with Crippen molar-refractivity contribution in [2.24, 2.45) is 0 Å². The third-order valence-electron chi connectivity index (χ3n) is 3.05. The summed E-state index contributed by atoms with van der Waals surface area (Å²) in [4.78, 5) is 14.1. The molecule has 2 rings (SSSR count). The van der Waals surface area contributed by atoms with Crippen molar-refractivity contribution in [3.05, 3.63) is 28.8 Å². The lowest BCUT2D eigenvalue weighted by atomic mass is 10.2. The van der Waals surface area contributed by atoms with Crippen molar-refractivity contribution in [2.75, 3.05) is 38.0 Å². The van der Waals surface area contributed by atoms with Gasteiger partial charge in [0.1, 0.15) is 0 Å². The maximum absolute atomic E-state index is 11.9. The Hall–Kier alpha value is -1.10. The molecule has 0 spiro atoms. The number of aryl methyl sites for hydroxylation is 1. The third-order valence-corrected chi connectivity index (χ3v) is 3.29. The number of carbonyl (C=O) groups excluding carboxylic acids is 1. The number of benzene rings is 1. The molecule has 98 valence electrons. The molecule has 1 aromatic rings. The van der Waals surface area contributed by atoms with Crippen molar-refractivity contribution < 1.29 is 4.79 Å². The number of piperazine rings is 1. The summed E-state index contributed by atoms with van der Waals surface area (Å²) in [5.41, 5.74) is 1.82. The molecule has 0 radical (unpaired) electrons. The molecule has 18 heavy (non-hydrogen) atoms. The van der Waals surface area contributed by atoms with Gasteiger partial charge < -0.3 is 10.6 Å². The second-order valence-corrected chi connectivity index (χ2v) is 4.97. The molecular formula is C13H18ClN3O. The summed E-state index contributed by atoms with van der Waals surface area (Å²) in [6, 6.07) is 5.51. The number of hydrogen-bond acceptors (Lipinski definition) is 3. The molecule has 1 fully saturated rings. The number of hydrogen-bond donors (Lipinski definition) is 2. The molecule has 0 atom stereocenters. The van der Waals surface area contributed by atoms with Crippen molar-refractivity contribution in [3.63, 3.8) is 0 Å². The maximum Gasteiger partial charge on any atom is 0.238 e. The summed E-state index contributed by atoms with van der Waals surface area (Å²) in [5, 5.41) is 6.81. The first-order chi connectivity index (χ1) is 8.65. The van der Waals surface area contributed by atoms with Crippen LogP contribution in [0, 0.1) is 6.92 Å². The number of carbonyl (C=O) groups is 1. The number of amides is 1. The lowest BCUT2D eigenvalue weighted by molar-refractivity contribution is -0.117. The van der Waals surface area contributed by atoms with Gasteiger partial charge in [0.15, 0.2) is 0 Å². The molecule has 1 aliphatic rings. The molecular weight excluding hydrogens is 250 g/mol. The molecule has 1 aromatic carbocycles. The van der Waals surface area contributed by atoms with Crippen LogP contribution in [0.2, 0.25) is 5.02 Å². The van der Waals surface area contributed by atoms with E-state index in [2.05, 4.69) is 15.5 Å². The van der Waals surface area contributed by atoms with Gasteiger partial charge in [0.05, 0.1) is 6.54 Å². The van der Waals surface area contributed by atoms with Gasteiger partial charge in [-0.15, -0.1) is 0 Å². The van der Waals surface area contributed by atoms with E-state index in [9.17, 15) is 4.79 Å². The van der Waals surface area contributed by atoms with Gasteiger partial charge in [-0.3, -0.25) is 9.69 Å². The summed E-state index contributed by atoms with van der Waals surface area (Å²) in [7, 11) is 0. The minimum Gasteiger partial charge on any atom is -0.325 e. The number of halogens is 1. The van der Waals surface area contributed by atoms with Gasteiger partial charge in [-0.1, -0.05) is 17.7 Å². The number of nitrogens with zero attached hydrogens (tertiary/aromatic N) is 1. The van der Waals surface area contributed by atoms with E-state index in [1.54, 1.807) is 6.07 Å². The summed E-state index contributed by atoms with van der Waals surface area (Å²) in [6.45, 7) is 6.13. The normalized spacial score (nSPS) is 16.6. The van der Waals surface area contributed by atoms with Crippen LogP contribution in [0.25, 0.3) is 0 Å². The molecule has 1 aliphatic heterocycles. The van der Waals surface area contributed by atoms with E-state index in [-0.39, 0.29) is 5.91 Å².